The van der Waals surface area contributed by atoms with Crippen LogP contribution in [0.4, 0.5) is 0 Å². The maximum atomic E-state index is 12.4. The minimum Gasteiger partial charge on any atom is -0.371 e. The Balaban J connectivity index is 1.74. The summed E-state index contributed by atoms with van der Waals surface area (Å²) in [5, 5.41) is 2.97. The number of hydrogen-bond acceptors (Lipinski definition) is 4. The number of carbonyl (C=O) groups excluding carboxylic acids is 2. The maximum Gasteiger partial charge on any atom is 0.251 e. The molecule has 0 aliphatic carbocycles. The minimum absolute atomic E-state index is 0.135. The SMILES string of the molecule is NC(=O)c1cccc(C(=O)N[C@H]2CCO[C@@H]2c2cccnc2)c1. The van der Waals surface area contributed by atoms with Gasteiger partial charge in [0.2, 0.25) is 5.91 Å². The molecule has 2 atom stereocenters. The van der Waals surface area contributed by atoms with Gasteiger partial charge < -0.3 is 15.8 Å². The highest BCUT2D eigenvalue weighted by molar-refractivity contribution is 5.99. The number of amides is 2. The number of nitrogens with two attached hydrogens (primary N) is 1. The fourth-order valence-electron chi connectivity index (χ4n) is 2.68. The van der Waals surface area contributed by atoms with Crippen molar-refractivity contribution >= 4 is 11.8 Å². The summed E-state index contributed by atoms with van der Waals surface area (Å²) in [6, 6.07) is 9.99. The highest BCUT2D eigenvalue weighted by Crippen LogP contribution is 2.28. The predicted molar refractivity (Wildman–Crippen MR) is 83.8 cm³/mol. The monoisotopic (exact) mass is 311 g/mol. The molecule has 6 nitrogen and oxygen atoms in total. The van der Waals surface area contributed by atoms with Gasteiger partial charge in [-0.2, -0.15) is 0 Å². The smallest absolute Gasteiger partial charge is 0.251 e. The number of carbonyl (C=O) groups is 2. The van der Waals surface area contributed by atoms with Crippen LogP contribution in [0, 0.1) is 0 Å². The Morgan fingerprint density at radius 2 is 2.04 bits per heavy atom. The number of primary amides is 1. The summed E-state index contributed by atoms with van der Waals surface area (Å²) in [6.45, 7) is 0.575. The van der Waals surface area contributed by atoms with Crippen LogP contribution in [0.2, 0.25) is 0 Å². The standard InChI is InChI=1S/C17H17N3O3/c18-16(21)11-3-1-4-12(9-11)17(22)20-14-6-8-23-15(14)13-5-2-7-19-10-13/h1-5,7,9-10,14-15H,6,8H2,(H2,18,21)(H,20,22)/t14-,15+/m0/s1. The van der Waals surface area contributed by atoms with Crippen molar-refractivity contribution in [2.45, 2.75) is 18.6 Å². The van der Waals surface area contributed by atoms with Gasteiger partial charge in [0, 0.05) is 35.7 Å². The molecule has 0 saturated carbocycles. The number of hydrogen-bond donors (Lipinski definition) is 2. The summed E-state index contributed by atoms with van der Waals surface area (Å²) in [5.74, 6) is -0.811. The van der Waals surface area contributed by atoms with Gasteiger partial charge >= 0.3 is 0 Å². The van der Waals surface area contributed by atoms with Gasteiger partial charge in [-0.15, -0.1) is 0 Å². The lowest BCUT2D eigenvalue weighted by Gasteiger charge is -2.20. The molecule has 3 rings (SSSR count). The third-order valence-corrected chi connectivity index (χ3v) is 3.83. The molecule has 2 heterocycles. The minimum atomic E-state index is -0.558. The van der Waals surface area contributed by atoms with Gasteiger partial charge in [-0.25, -0.2) is 0 Å². The van der Waals surface area contributed by atoms with E-state index in [2.05, 4.69) is 10.3 Å². The summed E-state index contributed by atoms with van der Waals surface area (Å²) in [4.78, 5) is 27.7. The lowest BCUT2D eigenvalue weighted by molar-refractivity contribution is 0.0820. The molecule has 2 aromatic rings. The molecule has 1 aromatic carbocycles. The quantitative estimate of drug-likeness (QED) is 0.893. The number of nitrogens with zero attached hydrogens (tertiary/aromatic N) is 1. The van der Waals surface area contributed by atoms with Gasteiger partial charge in [0.15, 0.2) is 0 Å². The van der Waals surface area contributed by atoms with E-state index >= 15 is 0 Å². The third kappa shape index (κ3) is 3.37. The van der Waals surface area contributed by atoms with Crippen molar-refractivity contribution in [3.8, 4) is 0 Å². The molecule has 3 N–H and O–H groups in total. The second-order valence-corrected chi connectivity index (χ2v) is 5.39. The topological polar surface area (TPSA) is 94.3 Å². The second-order valence-electron chi connectivity index (χ2n) is 5.39. The fourth-order valence-corrected chi connectivity index (χ4v) is 2.68. The van der Waals surface area contributed by atoms with Crippen molar-refractivity contribution < 1.29 is 14.3 Å². The number of nitrogens with one attached hydrogen (secondary N) is 1. The Bertz CT molecular complexity index is 718. The predicted octanol–water partition coefficient (Wildman–Crippen LogP) is 1.44. The highest BCUT2D eigenvalue weighted by atomic mass is 16.5. The van der Waals surface area contributed by atoms with E-state index in [4.69, 9.17) is 10.5 Å². The zero-order valence-electron chi connectivity index (χ0n) is 12.4. The molecule has 23 heavy (non-hydrogen) atoms. The summed E-state index contributed by atoms with van der Waals surface area (Å²) in [5.41, 5.74) is 6.89. The van der Waals surface area contributed by atoms with Crippen LogP contribution >= 0.6 is 0 Å². The summed E-state index contributed by atoms with van der Waals surface area (Å²) >= 11 is 0. The second kappa shape index (κ2) is 6.58. The first-order valence-electron chi connectivity index (χ1n) is 7.37. The van der Waals surface area contributed by atoms with Crippen LogP contribution in [0.5, 0.6) is 0 Å². The largest absolute Gasteiger partial charge is 0.371 e. The van der Waals surface area contributed by atoms with Crippen LogP contribution in [0.1, 0.15) is 38.8 Å². The Labute approximate surface area is 133 Å². The van der Waals surface area contributed by atoms with Gasteiger partial charge in [0.25, 0.3) is 5.91 Å². The molecular formula is C17H17N3O3. The molecule has 0 unspecified atom stereocenters. The lowest BCUT2D eigenvalue weighted by atomic mass is 10.0. The van der Waals surface area contributed by atoms with Gasteiger partial charge in [-0.3, -0.25) is 14.6 Å². The first-order chi connectivity index (χ1) is 11.1. The van der Waals surface area contributed by atoms with E-state index in [1.54, 1.807) is 30.6 Å². The van der Waals surface area contributed by atoms with Crippen molar-refractivity contribution in [3.63, 3.8) is 0 Å². The Morgan fingerprint density at radius 3 is 2.78 bits per heavy atom. The van der Waals surface area contributed by atoms with E-state index in [-0.39, 0.29) is 18.1 Å². The first-order valence-corrected chi connectivity index (χ1v) is 7.37. The van der Waals surface area contributed by atoms with Crippen molar-refractivity contribution in [2.24, 2.45) is 5.73 Å². The Kier molecular flexibility index (Phi) is 4.34. The van der Waals surface area contributed by atoms with E-state index in [9.17, 15) is 9.59 Å². The number of ether oxygens (including phenoxy) is 1. The van der Waals surface area contributed by atoms with Crippen molar-refractivity contribution in [1.29, 1.82) is 0 Å². The van der Waals surface area contributed by atoms with E-state index in [0.717, 1.165) is 12.0 Å². The molecule has 0 radical (unpaired) electrons. The molecule has 118 valence electrons. The van der Waals surface area contributed by atoms with E-state index in [0.29, 0.717) is 17.7 Å². The average molecular weight is 311 g/mol. The van der Waals surface area contributed by atoms with Gasteiger partial charge in [-0.05, 0) is 30.7 Å². The van der Waals surface area contributed by atoms with Crippen molar-refractivity contribution in [2.75, 3.05) is 6.61 Å². The van der Waals surface area contributed by atoms with Crippen LogP contribution in [-0.4, -0.2) is 29.4 Å². The summed E-state index contributed by atoms with van der Waals surface area (Å²) in [6.07, 6.45) is 3.94. The Hall–Kier alpha value is -2.73. The zero-order valence-corrected chi connectivity index (χ0v) is 12.4. The van der Waals surface area contributed by atoms with Crippen molar-refractivity contribution in [1.82, 2.24) is 10.3 Å². The molecule has 1 aliphatic rings. The molecule has 6 heteroatoms. The molecular weight excluding hydrogens is 294 g/mol. The van der Waals surface area contributed by atoms with Crippen LogP contribution in [0.15, 0.2) is 48.8 Å². The van der Waals surface area contributed by atoms with Crippen LogP contribution in [-0.2, 0) is 4.74 Å². The molecule has 1 saturated heterocycles. The lowest BCUT2D eigenvalue weighted by Crippen LogP contribution is -2.37. The van der Waals surface area contributed by atoms with Crippen LogP contribution in [0.3, 0.4) is 0 Å². The third-order valence-electron chi connectivity index (χ3n) is 3.83. The molecule has 1 aliphatic heterocycles. The normalized spacial score (nSPS) is 20.2. The van der Waals surface area contributed by atoms with E-state index < -0.39 is 5.91 Å². The van der Waals surface area contributed by atoms with Gasteiger partial charge in [0.1, 0.15) is 6.10 Å². The maximum absolute atomic E-state index is 12.4. The number of aromatic nitrogens is 1. The zero-order chi connectivity index (χ0) is 16.2. The number of rotatable bonds is 4. The number of benzene rings is 1. The molecule has 0 bridgehead atoms. The molecule has 0 spiro atoms. The van der Waals surface area contributed by atoms with E-state index in [1.807, 2.05) is 12.1 Å². The first kappa shape index (κ1) is 15.2. The van der Waals surface area contributed by atoms with Crippen LogP contribution < -0.4 is 11.1 Å². The fraction of sp³-hybridized carbons (Fsp3) is 0.235. The molecule has 1 fully saturated rings. The molecule has 2 amide bonds. The van der Waals surface area contributed by atoms with E-state index in [1.165, 1.54) is 6.07 Å². The van der Waals surface area contributed by atoms with Crippen molar-refractivity contribution in [3.05, 3.63) is 65.5 Å². The number of pyridine rings is 1. The average Bonchev–Trinajstić information content (AvgIpc) is 3.04. The van der Waals surface area contributed by atoms with Gasteiger partial charge in [-0.1, -0.05) is 12.1 Å². The highest BCUT2D eigenvalue weighted by Gasteiger charge is 2.31. The molecule has 1 aromatic heterocycles. The summed E-state index contributed by atoms with van der Waals surface area (Å²) < 4.78 is 5.72. The Morgan fingerprint density at radius 1 is 1.22 bits per heavy atom. The van der Waals surface area contributed by atoms with Crippen LogP contribution in [0.25, 0.3) is 0 Å². The summed E-state index contributed by atoms with van der Waals surface area (Å²) in [7, 11) is 0. The van der Waals surface area contributed by atoms with Gasteiger partial charge in [0.05, 0.1) is 6.04 Å².